The minimum atomic E-state index is 0. The summed E-state index contributed by atoms with van der Waals surface area (Å²) < 4.78 is 0. The van der Waals surface area contributed by atoms with Crippen LogP contribution in [0.3, 0.4) is 0 Å². The quantitative estimate of drug-likeness (QED) is 0.477. The lowest BCUT2D eigenvalue weighted by Crippen LogP contribution is -3.00. The van der Waals surface area contributed by atoms with E-state index in [9.17, 15) is 0 Å². The summed E-state index contributed by atoms with van der Waals surface area (Å²) in [6, 6.07) is 0. The average Bonchev–Trinajstić information content (AvgIpc) is 2.14. The number of rotatable bonds is 7. The fraction of sp³-hybridized carbons (Fsp3) is 1.00. The fourth-order valence-corrected chi connectivity index (χ4v) is 2.31. The zero-order chi connectivity index (χ0) is 9.45. The monoisotopic (exact) mass is 268 g/mol. The van der Waals surface area contributed by atoms with Crippen molar-refractivity contribution in [1.82, 2.24) is 0 Å². The summed E-state index contributed by atoms with van der Waals surface area (Å²) >= 11 is 0. The molecule has 0 nitrogen and oxygen atoms in total. The predicted molar refractivity (Wildman–Crippen MR) is 63.1 cm³/mol. The highest BCUT2D eigenvalue weighted by molar-refractivity contribution is 7.16. The van der Waals surface area contributed by atoms with E-state index in [0.29, 0.717) is 5.41 Å². The van der Waals surface area contributed by atoms with Crippen molar-refractivity contribution in [3.63, 3.8) is 0 Å². The lowest BCUT2D eigenvalue weighted by atomic mass is 9.76. The Labute approximate surface area is 97.2 Å². The van der Waals surface area contributed by atoms with Gasteiger partial charge in [0.05, 0.1) is 6.16 Å². The molecule has 0 aromatic carbocycles. The Kier molecular flexibility index (Phi) is 11.9. The molecule has 0 spiro atoms. The third kappa shape index (κ3) is 6.07. The second-order valence-electron chi connectivity index (χ2n) is 3.87. The van der Waals surface area contributed by atoms with E-state index in [1.807, 2.05) is 0 Å². The summed E-state index contributed by atoms with van der Waals surface area (Å²) in [6.45, 7) is 7.04. The van der Waals surface area contributed by atoms with E-state index in [1.165, 1.54) is 44.7 Å². The standard InChI is InChI=1S/C11H25P.BrH/c1-4-11(5-2,6-3)9-7-8-10-12;/h4-10,12H2,1-3H3;1H. The molecule has 0 saturated carbocycles. The normalized spacial score (nSPS) is 11.3. The molecule has 0 saturated heterocycles. The first kappa shape index (κ1) is 16.3. The summed E-state index contributed by atoms with van der Waals surface area (Å²) in [5.41, 5.74) is 0.679. The molecule has 13 heavy (non-hydrogen) atoms. The van der Waals surface area contributed by atoms with Gasteiger partial charge in [0.2, 0.25) is 0 Å². The van der Waals surface area contributed by atoms with Crippen LogP contribution in [0.5, 0.6) is 0 Å². The van der Waals surface area contributed by atoms with E-state index in [4.69, 9.17) is 0 Å². The van der Waals surface area contributed by atoms with Gasteiger partial charge in [0.25, 0.3) is 0 Å². The van der Waals surface area contributed by atoms with Gasteiger partial charge in [0.1, 0.15) is 0 Å². The summed E-state index contributed by atoms with van der Waals surface area (Å²) in [7, 11) is 2.11. The highest BCUT2D eigenvalue weighted by Crippen LogP contribution is 2.35. The molecule has 1 unspecified atom stereocenters. The molecule has 0 bridgehead atoms. The number of unbranched alkanes of at least 4 members (excludes halogenated alkanes) is 1. The van der Waals surface area contributed by atoms with Crippen LogP contribution >= 0.6 is 9.24 Å². The molecule has 0 N–H and O–H groups in total. The van der Waals surface area contributed by atoms with Crippen LogP contribution in [-0.4, -0.2) is 6.16 Å². The van der Waals surface area contributed by atoms with Crippen molar-refractivity contribution < 1.29 is 17.0 Å². The minimum absolute atomic E-state index is 0. The van der Waals surface area contributed by atoms with Crippen LogP contribution < -0.4 is 17.0 Å². The molecule has 0 aromatic heterocycles. The maximum Gasteiger partial charge on any atom is 0.0526 e. The smallest absolute Gasteiger partial charge is 0.0526 e. The molecule has 0 rings (SSSR count). The summed E-state index contributed by atoms with van der Waals surface area (Å²) in [4.78, 5) is 0. The van der Waals surface area contributed by atoms with Crippen LogP contribution in [0.15, 0.2) is 0 Å². The Morgan fingerprint density at radius 2 is 1.38 bits per heavy atom. The van der Waals surface area contributed by atoms with E-state index < -0.39 is 0 Å². The molecule has 0 aliphatic heterocycles. The van der Waals surface area contributed by atoms with Gasteiger partial charge in [-0.15, -0.1) is 0 Å². The van der Waals surface area contributed by atoms with Crippen molar-refractivity contribution in [2.75, 3.05) is 6.16 Å². The molecule has 2 heteroatoms. The molecule has 0 heterocycles. The molecule has 0 aliphatic rings. The van der Waals surface area contributed by atoms with E-state index in [1.54, 1.807) is 0 Å². The van der Waals surface area contributed by atoms with Gasteiger partial charge in [-0.05, 0) is 33.9 Å². The summed E-state index contributed by atoms with van der Waals surface area (Å²) in [6.07, 6.45) is 9.81. The topological polar surface area (TPSA) is 0 Å². The van der Waals surface area contributed by atoms with Crippen molar-refractivity contribution in [3.05, 3.63) is 0 Å². The van der Waals surface area contributed by atoms with Gasteiger partial charge in [0, 0.05) is 0 Å². The SMILES string of the molecule is CCC(CC)(CC)CCCC[PH3+].[Br-]. The van der Waals surface area contributed by atoms with Gasteiger partial charge in [-0.1, -0.05) is 40.0 Å². The van der Waals surface area contributed by atoms with Crippen LogP contribution in [0.4, 0.5) is 0 Å². The van der Waals surface area contributed by atoms with Gasteiger partial charge >= 0.3 is 0 Å². The predicted octanol–water partition coefficient (Wildman–Crippen LogP) is 0.984. The van der Waals surface area contributed by atoms with Gasteiger partial charge < -0.3 is 17.0 Å². The number of halogens is 1. The maximum absolute atomic E-state index is 2.35. The summed E-state index contributed by atoms with van der Waals surface area (Å²) in [5.74, 6) is 0. The second kappa shape index (κ2) is 9.46. The van der Waals surface area contributed by atoms with Crippen molar-refractivity contribution in [1.29, 1.82) is 0 Å². The van der Waals surface area contributed by atoms with Crippen LogP contribution in [0.2, 0.25) is 0 Å². The first-order valence-electron chi connectivity index (χ1n) is 5.54. The molecular weight excluding hydrogens is 243 g/mol. The van der Waals surface area contributed by atoms with E-state index in [-0.39, 0.29) is 17.0 Å². The fourth-order valence-electron chi connectivity index (χ4n) is 1.96. The van der Waals surface area contributed by atoms with Crippen molar-refractivity contribution in [2.45, 2.75) is 59.3 Å². The molecule has 0 amide bonds. The molecule has 0 radical (unpaired) electrons. The van der Waals surface area contributed by atoms with Gasteiger partial charge in [-0.3, -0.25) is 0 Å². The first-order valence-corrected chi connectivity index (χ1v) is 6.54. The minimum Gasteiger partial charge on any atom is -1.00 e. The van der Waals surface area contributed by atoms with Crippen molar-refractivity contribution in [2.24, 2.45) is 5.41 Å². The Hall–Kier alpha value is 0.910. The van der Waals surface area contributed by atoms with Crippen LogP contribution in [0, 0.1) is 5.41 Å². The third-order valence-electron chi connectivity index (χ3n) is 3.46. The molecule has 0 aromatic rings. The zero-order valence-electron chi connectivity index (χ0n) is 9.53. The van der Waals surface area contributed by atoms with Crippen LogP contribution in [-0.2, 0) is 0 Å². The van der Waals surface area contributed by atoms with Crippen LogP contribution in [0.25, 0.3) is 0 Å². The van der Waals surface area contributed by atoms with E-state index in [2.05, 4.69) is 30.0 Å². The van der Waals surface area contributed by atoms with Crippen LogP contribution in [0.1, 0.15) is 59.3 Å². The Morgan fingerprint density at radius 3 is 1.69 bits per heavy atom. The molecule has 1 atom stereocenters. The molecular formula is C11H26BrP. The van der Waals surface area contributed by atoms with Crippen molar-refractivity contribution >= 4 is 9.24 Å². The Morgan fingerprint density at radius 1 is 0.923 bits per heavy atom. The lowest BCUT2D eigenvalue weighted by molar-refractivity contribution is -0.00000286. The maximum atomic E-state index is 2.35. The Balaban J connectivity index is 0. The van der Waals surface area contributed by atoms with E-state index >= 15 is 0 Å². The molecule has 0 fully saturated rings. The third-order valence-corrected chi connectivity index (χ3v) is 3.96. The molecule has 0 aliphatic carbocycles. The zero-order valence-corrected chi connectivity index (χ0v) is 12.5. The average molecular weight is 269 g/mol. The largest absolute Gasteiger partial charge is 1.00 e. The van der Waals surface area contributed by atoms with Gasteiger partial charge in [0.15, 0.2) is 0 Å². The van der Waals surface area contributed by atoms with Gasteiger partial charge in [-0.2, -0.15) is 0 Å². The molecule has 82 valence electrons. The first-order chi connectivity index (χ1) is 5.74. The van der Waals surface area contributed by atoms with Crippen molar-refractivity contribution in [3.8, 4) is 0 Å². The van der Waals surface area contributed by atoms with E-state index in [0.717, 1.165) is 0 Å². The summed E-state index contributed by atoms with van der Waals surface area (Å²) in [5, 5.41) is 0. The second-order valence-corrected chi connectivity index (χ2v) is 4.58. The number of hydrogen-bond acceptors (Lipinski definition) is 0. The highest BCUT2D eigenvalue weighted by Gasteiger charge is 2.22. The highest BCUT2D eigenvalue weighted by atomic mass is 79.9. The Bertz CT molecular complexity index is 92.0. The number of hydrogen-bond donors (Lipinski definition) is 0. The lowest BCUT2D eigenvalue weighted by Gasteiger charge is -2.30. The van der Waals surface area contributed by atoms with Gasteiger partial charge in [-0.25, -0.2) is 0 Å².